The quantitative estimate of drug-likeness (QED) is 0.657. The van der Waals surface area contributed by atoms with Crippen LogP contribution in [0.25, 0.3) is 11.0 Å². The van der Waals surface area contributed by atoms with Gasteiger partial charge in [-0.3, -0.25) is 14.4 Å². The SMILES string of the molecule is COc1nc2ccccc2nc1C(=O)C1C(=O)CC(=O)CC1O. The lowest BCUT2D eigenvalue weighted by molar-refractivity contribution is -0.136. The monoisotopic (exact) mass is 314 g/mol. The Bertz CT molecular complexity index is 817. The molecule has 0 spiro atoms. The van der Waals surface area contributed by atoms with Crippen LogP contribution in [0.2, 0.25) is 0 Å². The van der Waals surface area contributed by atoms with Crippen molar-refractivity contribution in [3.63, 3.8) is 0 Å². The van der Waals surface area contributed by atoms with Gasteiger partial charge in [-0.25, -0.2) is 9.97 Å². The van der Waals surface area contributed by atoms with Gasteiger partial charge in [-0.05, 0) is 12.1 Å². The lowest BCUT2D eigenvalue weighted by Gasteiger charge is -2.24. The van der Waals surface area contributed by atoms with E-state index in [1.807, 2.05) is 0 Å². The number of ketones is 3. The van der Waals surface area contributed by atoms with Crippen LogP contribution < -0.4 is 4.74 Å². The highest BCUT2D eigenvalue weighted by Gasteiger charge is 2.41. The molecule has 0 amide bonds. The van der Waals surface area contributed by atoms with E-state index in [1.54, 1.807) is 24.3 Å². The zero-order valence-corrected chi connectivity index (χ0v) is 12.4. The van der Waals surface area contributed by atoms with E-state index in [0.717, 1.165) is 0 Å². The fraction of sp³-hybridized carbons (Fsp3) is 0.312. The van der Waals surface area contributed by atoms with Crippen molar-refractivity contribution in [3.8, 4) is 5.88 Å². The van der Waals surface area contributed by atoms with Gasteiger partial charge in [0.25, 0.3) is 0 Å². The summed E-state index contributed by atoms with van der Waals surface area (Å²) in [5.74, 6) is -2.97. The summed E-state index contributed by atoms with van der Waals surface area (Å²) in [5.41, 5.74) is 0.912. The summed E-state index contributed by atoms with van der Waals surface area (Å²) in [4.78, 5) is 44.5. The molecular weight excluding hydrogens is 300 g/mol. The van der Waals surface area contributed by atoms with Crippen LogP contribution in [-0.4, -0.2) is 45.6 Å². The number of aliphatic hydroxyl groups is 1. The molecule has 0 saturated heterocycles. The fourth-order valence-corrected chi connectivity index (χ4v) is 2.70. The van der Waals surface area contributed by atoms with Crippen LogP contribution in [0.15, 0.2) is 24.3 Å². The molecule has 1 aliphatic carbocycles. The summed E-state index contributed by atoms with van der Waals surface area (Å²) in [6, 6.07) is 6.93. The average molecular weight is 314 g/mol. The van der Waals surface area contributed by atoms with Crippen molar-refractivity contribution in [2.24, 2.45) is 5.92 Å². The molecule has 1 N–H and O–H groups in total. The highest BCUT2D eigenvalue weighted by atomic mass is 16.5. The number of fused-ring (bicyclic) bond motifs is 1. The average Bonchev–Trinajstić information content (AvgIpc) is 2.52. The molecule has 23 heavy (non-hydrogen) atoms. The number of nitrogens with zero attached hydrogens (tertiary/aromatic N) is 2. The normalized spacial score (nSPS) is 21.5. The minimum Gasteiger partial charge on any atom is -0.479 e. The molecular formula is C16H14N2O5. The molecule has 7 nitrogen and oxygen atoms in total. The van der Waals surface area contributed by atoms with Crippen LogP contribution in [0.5, 0.6) is 5.88 Å². The Kier molecular flexibility index (Phi) is 3.87. The van der Waals surface area contributed by atoms with E-state index in [4.69, 9.17) is 4.74 Å². The first-order valence-electron chi connectivity index (χ1n) is 7.08. The molecule has 0 radical (unpaired) electrons. The molecule has 1 heterocycles. The van der Waals surface area contributed by atoms with Gasteiger partial charge in [0, 0.05) is 6.42 Å². The maximum absolute atomic E-state index is 12.7. The molecule has 1 aromatic carbocycles. The second-order valence-electron chi connectivity index (χ2n) is 5.37. The molecule has 1 aliphatic rings. The van der Waals surface area contributed by atoms with E-state index in [2.05, 4.69) is 9.97 Å². The number of benzene rings is 1. The lowest BCUT2D eigenvalue weighted by Crippen LogP contribution is -2.42. The fourth-order valence-electron chi connectivity index (χ4n) is 2.70. The summed E-state index contributed by atoms with van der Waals surface area (Å²) >= 11 is 0. The number of hydrogen-bond donors (Lipinski definition) is 1. The van der Waals surface area contributed by atoms with Gasteiger partial charge >= 0.3 is 0 Å². The van der Waals surface area contributed by atoms with Gasteiger partial charge in [0.05, 0.1) is 30.7 Å². The standard InChI is InChI=1S/C16H14N2O5/c1-23-16-14(17-9-4-2-3-5-10(9)18-16)15(22)13-11(20)6-8(19)7-12(13)21/h2-5,11,13,20H,6-7H2,1H3. The zero-order valence-electron chi connectivity index (χ0n) is 12.4. The first-order valence-corrected chi connectivity index (χ1v) is 7.08. The Morgan fingerprint density at radius 2 is 1.87 bits per heavy atom. The molecule has 118 valence electrons. The third-order valence-electron chi connectivity index (χ3n) is 3.79. The molecule has 1 fully saturated rings. The van der Waals surface area contributed by atoms with Crippen LogP contribution in [-0.2, 0) is 9.59 Å². The van der Waals surface area contributed by atoms with Crippen LogP contribution in [0.1, 0.15) is 23.3 Å². The van der Waals surface area contributed by atoms with E-state index >= 15 is 0 Å². The summed E-state index contributed by atoms with van der Waals surface area (Å²) in [5, 5.41) is 9.97. The van der Waals surface area contributed by atoms with Crippen molar-refractivity contribution in [3.05, 3.63) is 30.0 Å². The molecule has 7 heteroatoms. The third kappa shape index (κ3) is 2.70. The summed E-state index contributed by atoms with van der Waals surface area (Å²) < 4.78 is 5.10. The number of hydrogen-bond acceptors (Lipinski definition) is 7. The number of carbonyl (C=O) groups is 3. The number of Topliss-reactive ketones (excluding diaryl/α,β-unsaturated/α-hetero) is 3. The summed E-state index contributed by atoms with van der Waals surface area (Å²) in [6.07, 6.45) is -1.91. The van der Waals surface area contributed by atoms with E-state index < -0.39 is 23.6 Å². The van der Waals surface area contributed by atoms with E-state index in [0.29, 0.717) is 11.0 Å². The number of aromatic nitrogens is 2. The number of methoxy groups -OCH3 is 1. The highest BCUT2D eigenvalue weighted by Crippen LogP contribution is 2.27. The second kappa shape index (κ2) is 5.85. The number of carbonyl (C=O) groups excluding carboxylic acids is 3. The van der Waals surface area contributed by atoms with Gasteiger partial charge in [0.1, 0.15) is 11.7 Å². The number of ether oxygens (including phenoxy) is 1. The van der Waals surface area contributed by atoms with Crippen molar-refractivity contribution in [1.82, 2.24) is 9.97 Å². The Balaban J connectivity index is 2.06. The number of aliphatic hydroxyl groups excluding tert-OH is 1. The molecule has 3 rings (SSSR count). The number of rotatable bonds is 3. The van der Waals surface area contributed by atoms with Gasteiger partial charge < -0.3 is 9.84 Å². The van der Waals surface area contributed by atoms with E-state index in [1.165, 1.54) is 7.11 Å². The maximum Gasteiger partial charge on any atom is 0.244 e. The van der Waals surface area contributed by atoms with Crippen LogP contribution in [0.4, 0.5) is 0 Å². The van der Waals surface area contributed by atoms with Gasteiger partial charge in [-0.2, -0.15) is 0 Å². The minimum absolute atomic E-state index is 0.00870. The van der Waals surface area contributed by atoms with Crippen LogP contribution in [0, 0.1) is 5.92 Å². The number of para-hydroxylation sites is 2. The Morgan fingerprint density at radius 3 is 2.48 bits per heavy atom. The molecule has 0 bridgehead atoms. The van der Waals surface area contributed by atoms with Crippen molar-refractivity contribution in [1.29, 1.82) is 0 Å². The second-order valence-corrected chi connectivity index (χ2v) is 5.37. The first kappa shape index (κ1) is 15.2. The van der Waals surface area contributed by atoms with E-state index in [-0.39, 0.29) is 30.2 Å². The summed E-state index contributed by atoms with van der Waals surface area (Å²) in [6.45, 7) is 0. The molecule has 2 aromatic rings. The minimum atomic E-state index is -1.34. The van der Waals surface area contributed by atoms with Gasteiger partial charge in [0.2, 0.25) is 5.88 Å². The zero-order chi connectivity index (χ0) is 16.6. The Labute approximate surface area is 131 Å². The van der Waals surface area contributed by atoms with Gasteiger partial charge in [-0.15, -0.1) is 0 Å². The topological polar surface area (TPSA) is 106 Å². The van der Waals surface area contributed by atoms with Crippen LogP contribution in [0.3, 0.4) is 0 Å². The van der Waals surface area contributed by atoms with Crippen molar-refractivity contribution >= 4 is 28.4 Å². The van der Waals surface area contributed by atoms with Gasteiger partial charge in [0.15, 0.2) is 17.3 Å². The van der Waals surface area contributed by atoms with Crippen molar-refractivity contribution in [2.45, 2.75) is 18.9 Å². The van der Waals surface area contributed by atoms with Crippen molar-refractivity contribution in [2.75, 3.05) is 7.11 Å². The third-order valence-corrected chi connectivity index (χ3v) is 3.79. The predicted molar refractivity (Wildman–Crippen MR) is 79.2 cm³/mol. The maximum atomic E-state index is 12.7. The Morgan fingerprint density at radius 1 is 1.22 bits per heavy atom. The molecule has 0 aliphatic heterocycles. The molecule has 2 atom stereocenters. The Hall–Kier alpha value is -2.67. The first-order chi connectivity index (χ1) is 11.0. The van der Waals surface area contributed by atoms with Gasteiger partial charge in [-0.1, -0.05) is 12.1 Å². The molecule has 1 saturated carbocycles. The molecule has 1 aromatic heterocycles. The molecule has 2 unspecified atom stereocenters. The summed E-state index contributed by atoms with van der Waals surface area (Å²) in [7, 11) is 1.35. The largest absolute Gasteiger partial charge is 0.479 e. The smallest absolute Gasteiger partial charge is 0.244 e. The van der Waals surface area contributed by atoms with E-state index in [9.17, 15) is 19.5 Å². The van der Waals surface area contributed by atoms with Crippen molar-refractivity contribution < 1.29 is 24.2 Å². The lowest BCUT2D eigenvalue weighted by atomic mass is 9.81. The van der Waals surface area contributed by atoms with Crippen LogP contribution >= 0.6 is 0 Å². The predicted octanol–water partition coefficient (Wildman–Crippen LogP) is 0.730. The highest BCUT2D eigenvalue weighted by molar-refractivity contribution is 6.17.